The Kier molecular flexibility index (Phi) is 5.89. The molecule has 2 heterocycles. The Labute approximate surface area is 175 Å². The Morgan fingerprint density at radius 3 is 2.30 bits per heavy atom. The average Bonchev–Trinajstić information content (AvgIpc) is 3.17. The van der Waals surface area contributed by atoms with Crippen molar-refractivity contribution in [2.24, 2.45) is 0 Å². The van der Waals surface area contributed by atoms with Gasteiger partial charge in [0.05, 0.1) is 11.1 Å². The zero-order valence-corrected chi connectivity index (χ0v) is 17.1. The molecule has 4 aromatic rings. The van der Waals surface area contributed by atoms with E-state index in [0.29, 0.717) is 40.1 Å². The van der Waals surface area contributed by atoms with Crippen LogP contribution in [0.5, 0.6) is 0 Å². The van der Waals surface area contributed by atoms with Crippen LogP contribution in [-0.4, -0.2) is 20.7 Å². The average molecular weight is 399 g/mol. The first kappa shape index (κ1) is 19.8. The van der Waals surface area contributed by atoms with Crippen LogP contribution in [0.15, 0.2) is 65.5 Å². The highest BCUT2D eigenvalue weighted by Crippen LogP contribution is 2.31. The van der Waals surface area contributed by atoms with Crippen LogP contribution < -0.4 is 5.56 Å². The molecule has 2 aromatic heterocycles. The molecule has 5 heteroatoms. The highest BCUT2D eigenvalue weighted by molar-refractivity contribution is 6.16. The topological polar surface area (TPSA) is 78.6 Å². The van der Waals surface area contributed by atoms with Crippen LogP contribution >= 0.6 is 0 Å². The van der Waals surface area contributed by atoms with Gasteiger partial charge in [0.25, 0.3) is 5.56 Å². The molecule has 0 aliphatic carbocycles. The highest BCUT2D eigenvalue weighted by atomic mass is 16.1. The van der Waals surface area contributed by atoms with Gasteiger partial charge in [0.2, 0.25) is 5.78 Å². The molecule has 0 unspecified atom stereocenters. The van der Waals surface area contributed by atoms with Crippen molar-refractivity contribution in [2.45, 2.75) is 39.0 Å². The van der Waals surface area contributed by atoms with E-state index in [4.69, 9.17) is 0 Å². The number of carbonyl (C=O) groups is 1. The van der Waals surface area contributed by atoms with Crippen molar-refractivity contribution in [3.63, 3.8) is 0 Å². The number of aromatic nitrogens is 3. The van der Waals surface area contributed by atoms with Crippen LogP contribution in [0.2, 0.25) is 0 Å². The van der Waals surface area contributed by atoms with Crippen molar-refractivity contribution in [3.05, 3.63) is 88.1 Å². The Morgan fingerprint density at radius 2 is 1.60 bits per heavy atom. The van der Waals surface area contributed by atoms with E-state index in [-0.39, 0.29) is 11.3 Å². The predicted octanol–water partition coefficient (Wildman–Crippen LogP) is 5.27. The van der Waals surface area contributed by atoms with Crippen LogP contribution in [0.3, 0.4) is 0 Å². The fourth-order valence-corrected chi connectivity index (χ4v) is 3.78. The molecule has 0 spiro atoms. The second-order valence-corrected chi connectivity index (χ2v) is 7.48. The number of aromatic amines is 2. The van der Waals surface area contributed by atoms with Crippen LogP contribution in [0, 0.1) is 0 Å². The SMILES string of the molecule is CCCCCCc1nc2[nH]c(C(=O)c3ccccc3)c(-c3ccccc3)c2c(=O)[nH]1. The molecule has 0 saturated carbocycles. The number of fused-ring (bicyclic) bond motifs is 1. The Bertz CT molecular complexity index is 1210. The molecule has 5 nitrogen and oxygen atoms in total. The molecule has 0 aliphatic rings. The summed E-state index contributed by atoms with van der Waals surface area (Å²) in [5.74, 6) is 0.500. The predicted molar refractivity (Wildman–Crippen MR) is 120 cm³/mol. The van der Waals surface area contributed by atoms with Gasteiger partial charge in [-0.2, -0.15) is 0 Å². The summed E-state index contributed by atoms with van der Waals surface area (Å²) in [6, 6.07) is 18.6. The van der Waals surface area contributed by atoms with Gasteiger partial charge < -0.3 is 9.97 Å². The quantitative estimate of drug-likeness (QED) is 0.313. The lowest BCUT2D eigenvalue weighted by Gasteiger charge is -2.05. The number of unbranched alkanes of at least 4 members (excludes halogenated alkanes) is 3. The van der Waals surface area contributed by atoms with Crippen molar-refractivity contribution in [1.29, 1.82) is 0 Å². The molecular formula is C25H25N3O2. The normalized spacial score (nSPS) is 11.1. The molecule has 0 fully saturated rings. The minimum absolute atomic E-state index is 0.156. The Hall–Kier alpha value is -3.47. The van der Waals surface area contributed by atoms with Gasteiger partial charge in [-0.15, -0.1) is 0 Å². The summed E-state index contributed by atoms with van der Waals surface area (Å²) in [5.41, 5.74) is 2.62. The minimum Gasteiger partial charge on any atom is -0.336 e. The molecule has 152 valence electrons. The molecule has 0 amide bonds. The first-order valence-electron chi connectivity index (χ1n) is 10.5. The monoisotopic (exact) mass is 399 g/mol. The molecule has 2 aromatic carbocycles. The number of H-pyrrole nitrogens is 2. The van der Waals surface area contributed by atoms with E-state index in [2.05, 4.69) is 21.9 Å². The van der Waals surface area contributed by atoms with Crippen molar-refractivity contribution < 1.29 is 4.79 Å². The number of aryl methyl sites for hydroxylation is 1. The fourth-order valence-electron chi connectivity index (χ4n) is 3.78. The molecule has 0 aliphatic heterocycles. The van der Waals surface area contributed by atoms with E-state index >= 15 is 0 Å². The van der Waals surface area contributed by atoms with Gasteiger partial charge in [0.15, 0.2) is 0 Å². The number of carbonyl (C=O) groups excluding carboxylic acids is 1. The summed E-state index contributed by atoms with van der Waals surface area (Å²) in [7, 11) is 0. The van der Waals surface area contributed by atoms with Crippen LogP contribution in [0.4, 0.5) is 0 Å². The number of rotatable bonds is 8. The maximum atomic E-state index is 13.3. The minimum atomic E-state index is -0.215. The van der Waals surface area contributed by atoms with Gasteiger partial charge in [-0.05, 0) is 12.0 Å². The first-order chi connectivity index (χ1) is 14.7. The van der Waals surface area contributed by atoms with Crippen molar-refractivity contribution >= 4 is 16.8 Å². The maximum absolute atomic E-state index is 13.3. The lowest BCUT2D eigenvalue weighted by molar-refractivity contribution is 0.103. The van der Waals surface area contributed by atoms with Gasteiger partial charge >= 0.3 is 0 Å². The molecule has 30 heavy (non-hydrogen) atoms. The van der Waals surface area contributed by atoms with Gasteiger partial charge in [0.1, 0.15) is 11.5 Å². The lowest BCUT2D eigenvalue weighted by atomic mass is 9.98. The van der Waals surface area contributed by atoms with Crippen molar-refractivity contribution in [3.8, 4) is 11.1 Å². The molecular weight excluding hydrogens is 374 g/mol. The number of hydrogen-bond acceptors (Lipinski definition) is 3. The zero-order valence-electron chi connectivity index (χ0n) is 17.1. The van der Waals surface area contributed by atoms with Gasteiger partial charge in [0, 0.05) is 17.5 Å². The number of nitrogens with one attached hydrogen (secondary N) is 2. The van der Waals surface area contributed by atoms with Crippen molar-refractivity contribution in [2.75, 3.05) is 0 Å². The van der Waals surface area contributed by atoms with E-state index in [0.717, 1.165) is 24.8 Å². The molecule has 2 N–H and O–H groups in total. The molecule has 0 radical (unpaired) electrons. The zero-order chi connectivity index (χ0) is 20.9. The van der Waals surface area contributed by atoms with E-state index < -0.39 is 0 Å². The van der Waals surface area contributed by atoms with Crippen LogP contribution in [-0.2, 0) is 6.42 Å². The molecule has 0 atom stereocenters. The van der Waals surface area contributed by atoms with Gasteiger partial charge in [-0.1, -0.05) is 86.8 Å². The van der Waals surface area contributed by atoms with Gasteiger partial charge in [-0.3, -0.25) is 9.59 Å². The third kappa shape index (κ3) is 3.96. The Balaban J connectivity index is 1.84. The summed E-state index contributed by atoms with van der Waals surface area (Å²) in [5, 5.41) is 0.429. The molecule has 0 bridgehead atoms. The highest BCUT2D eigenvalue weighted by Gasteiger charge is 2.23. The maximum Gasteiger partial charge on any atom is 0.261 e. The number of benzene rings is 2. The Morgan fingerprint density at radius 1 is 0.900 bits per heavy atom. The van der Waals surface area contributed by atoms with Crippen molar-refractivity contribution in [1.82, 2.24) is 15.0 Å². The van der Waals surface area contributed by atoms with E-state index in [1.807, 2.05) is 48.5 Å². The third-order valence-corrected chi connectivity index (χ3v) is 5.30. The summed E-state index contributed by atoms with van der Waals surface area (Å²) in [6.07, 6.45) is 5.13. The summed E-state index contributed by atoms with van der Waals surface area (Å²) in [6.45, 7) is 2.17. The molecule has 4 rings (SSSR count). The number of hydrogen-bond donors (Lipinski definition) is 2. The first-order valence-corrected chi connectivity index (χ1v) is 10.5. The second-order valence-electron chi connectivity index (χ2n) is 7.48. The summed E-state index contributed by atoms with van der Waals surface area (Å²) in [4.78, 5) is 37.1. The van der Waals surface area contributed by atoms with Crippen LogP contribution in [0.1, 0.15) is 54.5 Å². The van der Waals surface area contributed by atoms with E-state index in [1.165, 1.54) is 6.42 Å². The summed E-state index contributed by atoms with van der Waals surface area (Å²) >= 11 is 0. The summed E-state index contributed by atoms with van der Waals surface area (Å²) < 4.78 is 0. The number of nitrogens with zero attached hydrogens (tertiary/aromatic N) is 1. The standard InChI is InChI=1S/C25H25N3O2/c1-2-3-4-11-16-19-26-24-21(25(30)27-19)20(17-12-7-5-8-13-17)22(28-24)23(29)18-14-9-6-10-15-18/h5-10,12-15H,2-4,11,16H2,1H3,(H2,26,27,28,30). The lowest BCUT2D eigenvalue weighted by Crippen LogP contribution is -2.12. The number of ketones is 1. The van der Waals surface area contributed by atoms with Gasteiger partial charge in [-0.25, -0.2) is 4.98 Å². The molecule has 0 saturated heterocycles. The van der Waals surface area contributed by atoms with Crippen LogP contribution in [0.25, 0.3) is 22.2 Å². The van der Waals surface area contributed by atoms with E-state index in [1.54, 1.807) is 12.1 Å². The van der Waals surface area contributed by atoms with E-state index in [9.17, 15) is 9.59 Å². The third-order valence-electron chi connectivity index (χ3n) is 5.30. The fraction of sp³-hybridized carbons (Fsp3) is 0.240. The second kappa shape index (κ2) is 8.91. The largest absolute Gasteiger partial charge is 0.336 e. The smallest absolute Gasteiger partial charge is 0.261 e.